The monoisotopic (exact) mass is 406 g/mol. The number of hydrogen-bond acceptors (Lipinski definition) is 5. The van der Waals surface area contributed by atoms with Gasteiger partial charge in [-0.05, 0) is 57.9 Å². The van der Waals surface area contributed by atoms with E-state index in [0.29, 0.717) is 34.7 Å². The Morgan fingerprint density at radius 3 is 2.60 bits per heavy atom. The number of phenolic OH excluding ortho intramolecular Hbond substituents is 1. The zero-order chi connectivity index (χ0) is 18.2. The Balaban J connectivity index is 2.12. The summed E-state index contributed by atoms with van der Waals surface area (Å²) >= 11 is 3.24. The zero-order valence-corrected chi connectivity index (χ0v) is 15.6. The van der Waals surface area contributed by atoms with E-state index in [2.05, 4.69) is 15.9 Å². The van der Waals surface area contributed by atoms with Gasteiger partial charge in [-0.3, -0.25) is 4.79 Å². The first-order valence-corrected chi connectivity index (χ1v) is 8.35. The fourth-order valence-corrected chi connectivity index (χ4v) is 2.47. The fourth-order valence-electron chi connectivity index (χ4n) is 2.07. The Bertz CT molecular complexity index is 770. The number of ether oxygens (including phenoxy) is 3. The molecule has 2 aromatic carbocycles. The molecule has 0 aromatic heterocycles. The Morgan fingerprint density at radius 2 is 1.92 bits per heavy atom. The molecular formula is C19H19BrO5. The summed E-state index contributed by atoms with van der Waals surface area (Å²) in [5.74, 6) is 1.04. The smallest absolute Gasteiger partial charge is 0.185 e. The highest BCUT2D eigenvalue weighted by Gasteiger charge is 2.09. The van der Waals surface area contributed by atoms with E-state index in [1.807, 2.05) is 0 Å². The lowest BCUT2D eigenvalue weighted by atomic mass is 10.1. The van der Waals surface area contributed by atoms with Crippen LogP contribution in [0.3, 0.4) is 0 Å². The van der Waals surface area contributed by atoms with Gasteiger partial charge in [0.1, 0.15) is 12.4 Å². The van der Waals surface area contributed by atoms with Crippen molar-refractivity contribution in [2.75, 3.05) is 27.4 Å². The van der Waals surface area contributed by atoms with Gasteiger partial charge in [0.25, 0.3) is 0 Å². The molecule has 0 bridgehead atoms. The van der Waals surface area contributed by atoms with Gasteiger partial charge in [0, 0.05) is 12.7 Å². The van der Waals surface area contributed by atoms with Crippen LogP contribution in [-0.4, -0.2) is 38.3 Å². The summed E-state index contributed by atoms with van der Waals surface area (Å²) in [5.41, 5.74) is 1.29. The van der Waals surface area contributed by atoms with Crippen LogP contribution in [0.15, 0.2) is 46.9 Å². The Labute approximate surface area is 155 Å². The third-order valence-corrected chi connectivity index (χ3v) is 4.03. The molecule has 0 amide bonds. The van der Waals surface area contributed by atoms with Crippen molar-refractivity contribution in [2.24, 2.45) is 0 Å². The van der Waals surface area contributed by atoms with Crippen LogP contribution in [0.5, 0.6) is 17.2 Å². The summed E-state index contributed by atoms with van der Waals surface area (Å²) in [7, 11) is 3.12. The SMILES string of the molecule is COCCOc1ccc(C(=O)/C=C/c2ccc(O)c(Br)c2)cc1OC. The second-order valence-electron chi connectivity index (χ2n) is 5.12. The van der Waals surface area contributed by atoms with Crippen LogP contribution < -0.4 is 9.47 Å². The molecule has 6 heteroatoms. The predicted octanol–water partition coefficient (Wildman–Crippen LogP) is 4.08. The van der Waals surface area contributed by atoms with Crippen molar-refractivity contribution in [1.29, 1.82) is 0 Å². The molecule has 2 rings (SSSR count). The molecule has 0 atom stereocenters. The number of carbonyl (C=O) groups is 1. The molecule has 0 spiro atoms. The van der Waals surface area contributed by atoms with Crippen LogP contribution >= 0.6 is 15.9 Å². The summed E-state index contributed by atoms with van der Waals surface area (Å²) in [6, 6.07) is 10.0. The second-order valence-corrected chi connectivity index (χ2v) is 5.97. The maximum atomic E-state index is 12.3. The number of aromatic hydroxyl groups is 1. The molecule has 0 radical (unpaired) electrons. The highest BCUT2D eigenvalue weighted by molar-refractivity contribution is 9.10. The number of carbonyl (C=O) groups excluding carboxylic acids is 1. The Morgan fingerprint density at radius 1 is 1.12 bits per heavy atom. The van der Waals surface area contributed by atoms with Gasteiger partial charge in [0.05, 0.1) is 18.2 Å². The molecule has 2 aromatic rings. The van der Waals surface area contributed by atoms with Gasteiger partial charge in [-0.1, -0.05) is 12.1 Å². The number of ketones is 1. The van der Waals surface area contributed by atoms with Crippen molar-refractivity contribution in [3.8, 4) is 17.2 Å². The topological polar surface area (TPSA) is 65.0 Å². The van der Waals surface area contributed by atoms with E-state index in [-0.39, 0.29) is 11.5 Å². The van der Waals surface area contributed by atoms with Gasteiger partial charge in [-0.15, -0.1) is 0 Å². The minimum Gasteiger partial charge on any atom is -0.507 e. The second kappa shape index (κ2) is 9.25. The lowest BCUT2D eigenvalue weighted by Gasteiger charge is -2.11. The van der Waals surface area contributed by atoms with Crippen LogP contribution in [0, 0.1) is 0 Å². The molecule has 132 valence electrons. The molecule has 0 saturated carbocycles. The number of phenols is 1. The van der Waals surface area contributed by atoms with E-state index in [9.17, 15) is 9.90 Å². The van der Waals surface area contributed by atoms with E-state index in [1.54, 1.807) is 49.6 Å². The number of hydrogen-bond donors (Lipinski definition) is 1. The molecule has 0 unspecified atom stereocenters. The number of benzene rings is 2. The van der Waals surface area contributed by atoms with Crippen LogP contribution in [0.4, 0.5) is 0 Å². The van der Waals surface area contributed by atoms with Crippen molar-refractivity contribution >= 4 is 27.8 Å². The standard InChI is InChI=1S/C19H19BrO5/c1-23-9-10-25-18-8-5-14(12-19(18)24-2)16(21)6-3-13-4-7-17(22)15(20)11-13/h3-8,11-12,22H,9-10H2,1-2H3/b6-3+. The molecule has 0 aliphatic rings. The first-order valence-electron chi connectivity index (χ1n) is 7.56. The molecule has 25 heavy (non-hydrogen) atoms. The molecule has 0 aliphatic heterocycles. The van der Waals surface area contributed by atoms with Crippen molar-refractivity contribution in [3.63, 3.8) is 0 Å². The molecule has 0 aliphatic carbocycles. The number of halogens is 1. The minimum atomic E-state index is -0.161. The van der Waals surface area contributed by atoms with E-state index >= 15 is 0 Å². The normalized spacial score (nSPS) is 10.8. The average molecular weight is 407 g/mol. The third-order valence-electron chi connectivity index (χ3n) is 3.39. The van der Waals surface area contributed by atoms with E-state index < -0.39 is 0 Å². The van der Waals surface area contributed by atoms with Crippen LogP contribution in [-0.2, 0) is 4.74 Å². The summed E-state index contributed by atoms with van der Waals surface area (Å²) in [6.07, 6.45) is 3.15. The predicted molar refractivity (Wildman–Crippen MR) is 99.5 cm³/mol. The molecule has 5 nitrogen and oxygen atoms in total. The van der Waals surface area contributed by atoms with Gasteiger partial charge >= 0.3 is 0 Å². The van der Waals surface area contributed by atoms with Crippen molar-refractivity contribution < 1.29 is 24.1 Å². The molecule has 0 heterocycles. The number of rotatable bonds is 8. The molecule has 0 fully saturated rings. The molecule has 1 N–H and O–H groups in total. The fraction of sp³-hybridized carbons (Fsp3) is 0.211. The lowest BCUT2D eigenvalue weighted by Crippen LogP contribution is -2.06. The third kappa shape index (κ3) is 5.34. The minimum absolute atomic E-state index is 0.150. The largest absolute Gasteiger partial charge is 0.507 e. The van der Waals surface area contributed by atoms with Gasteiger partial charge < -0.3 is 19.3 Å². The molecule has 0 saturated heterocycles. The van der Waals surface area contributed by atoms with E-state index in [0.717, 1.165) is 5.56 Å². The van der Waals surface area contributed by atoms with Crippen LogP contribution in [0.25, 0.3) is 6.08 Å². The first-order chi connectivity index (χ1) is 12.0. The summed E-state index contributed by atoms with van der Waals surface area (Å²) in [4.78, 5) is 12.3. The molecular weight excluding hydrogens is 388 g/mol. The van der Waals surface area contributed by atoms with Crippen molar-refractivity contribution in [3.05, 3.63) is 58.1 Å². The van der Waals surface area contributed by atoms with Gasteiger partial charge in [0.2, 0.25) is 0 Å². The highest BCUT2D eigenvalue weighted by Crippen LogP contribution is 2.29. The van der Waals surface area contributed by atoms with E-state index in [1.165, 1.54) is 13.2 Å². The van der Waals surface area contributed by atoms with Gasteiger partial charge in [0.15, 0.2) is 17.3 Å². The van der Waals surface area contributed by atoms with Gasteiger partial charge in [-0.2, -0.15) is 0 Å². The maximum absolute atomic E-state index is 12.3. The summed E-state index contributed by atoms with van der Waals surface area (Å²) in [6.45, 7) is 0.866. The lowest BCUT2D eigenvalue weighted by molar-refractivity contribution is 0.104. The first kappa shape index (κ1) is 19.0. The average Bonchev–Trinajstić information content (AvgIpc) is 2.62. The van der Waals surface area contributed by atoms with Crippen molar-refractivity contribution in [2.45, 2.75) is 0 Å². The van der Waals surface area contributed by atoms with Crippen LogP contribution in [0.2, 0.25) is 0 Å². The van der Waals surface area contributed by atoms with Gasteiger partial charge in [-0.25, -0.2) is 0 Å². The number of methoxy groups -OCH3 is 2. The Hall–Kier alpha value is -2.31. The number of allylic oxidation sites excluding steroid dienone is 1. The maximum Gasteiger partial charge on any atom is 0.185 e. The summed E-state index contributed by atoms with van der Waals surface area (Å²) < 4.78 is 16.3. The zero-order valence-electron chi connectivity index (χ0n) is 14.0. The highest BCUT2D eigenvalue weighted by atomic mass is 79.9. The Kier molecular flexibility index (Phi) is 7.03. The van der Waals surface area contributed by atoms with E-state index in [4.69, 9.17) is 14.2 Å². The van der Waals surface area contributed by atoms with Crippen molar-refractivity contribution in [1.82, 2.24) is 0 Å². The quantitative estimate of drug-likeness (QED) is 0.406. The summed E-state index contributed by atoms with van der Waals surface area (Å²) in [5, 5.41) is 9.49. The van der Waals surface area contributed by atoms with Crippen LogP contribution in [0.1, 0.15) is 15.9 Å².